The molecule has 12 heavy (non-hydrogen) atoms. The summed E-state index contributed by atoms with van der Waals surface area (Å²) in [6, 6.07) is 0. The number of aromatic nitrogens is 2. The standard InChI is InChI=1S/C6H7IN2O3/c1-8-4(10)3(7)5(11)9(2)6(8)12/h10H,1-2H3. The van der Waals surface area contributed by atoms with E-state index in [1.165, 1.54) is 14.1 Å². The lowest BCUT2D eigenvalue weighted by molar-refractivity contribution is 0.406. The van der Waals surface area contributed by atoms with Crippen molar-refractivity contribution in [3.63, 3.8) is 0 Å². The summed E-state index contributed by atoms with van der Waals surface area (Å²) in [7, 11) is 2.77. The largest absolute Gasteiger partial charge is 0.493 e. The van der Waals surface area contributed by atoms with Crippen molar-refractivity contribution in [2.45, 2.75) is 0 Å². The van der Waals surface area contributed by atoms with Gasteiger partial charge in [0, 0.05) is 14.1 Å². The summed E-state index contributed by atoms with van der Waals surface area (Å²) in [5.74, 6) is -0.288. The van der Waals surface area contributed by atoms with Crippen LogP contribution in [0.15, 0.2) is 9.59 Å². The highest BCUT2D eigenvalue weighted by atomic mass is 127. The molecule has 0 aromatic carbocycles. The van der Waals surface area contributed by atoms with E-state index >= 15 is 0 Å². The van der Waals surface area contributed by atoms with Crippen molar-refractivity contribution >= 4 is 22.6 Å². The summed E-state index contributed by atoms with van der Waals surface area (Å²) in [6.45, 7) is 0. The van der Waals surface area contributed by atoms with Gasteiger partial charge < -0.3 is 5.11 Å². The van der Waals surface area contributed by atoms with Crippen molar-refractivity contribution in [1.82, 2.24) is 9.13 Å². The van der Waals surface area contributed by atoms with Crippen molar-refractivity contribution in [2.75, 3.05) is 0 Å². The smallest absolute Gasteiger partial charge is 0.333 e. The molecule has 0 radical (unpaired) electrons. The molecule has 0 unspecified atom stereocenters. The van der Waals surface area contributed by atoms with Crippen LogP contribution in [0.2, 0.25) is 0 Å². The molecule has 66 valence electrons. The van der Waals surface area contributed by atoms with Crippen molar-refractivity contribution in [1.29, 1.82) is 0 Å². The third-order valence-electron chi connectivity index (χ3n) is 1.58. The van der Waals surface area contributed by atoms with E-state index in [1.807, 2.05) is 0 Å². The van der Waals surface area contributed by atoms with Gasteiger partial charge in [-0.3, -0.25) is 13.9 Å². The van der Waals surface area contributed by atoms with E-state index in [9.17, 15) is 14.7 Å². The minimum absolute atomic E-state index is 0.150. The summed E-state index contributed by atoms with van der Waals surface area (Å²) in [5.41, 5.74) is -1.01. The summed E-state index contributed by atoms with van der Waals surface area (Å²) < 4.78 is 2.11. The van der Waals surface area contributed by atoms with Gasteiger partial charge in [-0.05, 0) is 22.6 Å². The Hall–Kier alpha value is -0.790. The molecular weight excluding hydrogens is 275 g/mol. The topological polar surface area (TPSA) is 64.2 Å². The zero-order valence-corrected chi connectivity index (χ0v) is 8.69. The highest BCUT2D eigenvalue weighted by Gasteiger charge is 2.10. The number of rotatable bonds is 0. The molecule has 0 aliphatic rings. The lowest BCUT2D eigenvalue weighted by Gasteiger charge is -2.05. The zero-order chi connectivity index (χ0) is 9.46. The van der Waals surface area contributed by atoms with Crippen LogP contribution in [-0.4, -0.2) is 14.2 Å². The Bertz CT molecular complexity index is 394. The van der Waals surface area contributed by atoms with E-state index in [0.717, 1.165) is 9.13 Å². The predicted octanol–water partition coefficient (Wildman–Crippen LogP) is -0.606. The fourth-order valence-electron chi connectivity index (χ4n) is 0.793. The first-order valence-electron chi connectivity index (χ1n) is 3.11. The average molecular weight is 282 g/mol. The Balaban J connectivity index is 3.86. The van der Waals surface area contributed by atoms with Crippen LogP contribution in [0.4, 0.5) is 0 Å². The Labute approximate surface area is 81.4 Å². The van der Waals surface area contributed by atoms with Crippen molar-refractivity contribution < 1.29 is 5.11 Å². The van der Waals surface area contributed by atoms with Crippen LogP contribution >= 0.6 is 22.6 Å². The molecule has 0 amide bonds. The highest BCUT2D eigenvalue weighted by Crippen LogP contribution is 2.10. The number of nitrogens with zero attached hydrogens (tertiary/aromatic N) is 2. The Morgan fingerprint density at radius 3 is 2.25 bits per heavy atom. The van der Waals surface area contributed by atoms with Gasteiger partial charge in [-0.2, -0.15) is 0 Å². The maximum Gasteiger partial charge on any atom is 0.333 e. The van der Waals surface area contributed by atoms with E-state index in [2.05, 4.69) is 0 Å². The molecular formula is C6H7IN2O3. The molecule has 6 heteroatoms. The van der Waals surface area contributed by atoms with Crippen molar-refractivity contribution in [3.8, 4) is 5.88 Å². The highest BCUT2D eigenvalue weighted by molar-refractivity contribution is 14.1. The molecule has 1 heterocycles. The third kappa shape index (κ3) is 1.15. The normalized spacial score (nSPS) is 10.2. The van der Waals surface area contributed by atoms with E-state index in [0.29, 0.717) is 0 Å². The molecule has 0 spiro atoms. The van der Waals surface area contributed by atoms with Crippen LogP contribution in [0.25, 0.3) is 0 Å². The van der Waals surface area contributed by atoms with Gasteiger partial charge in [0.25, 0.3) is 5.56 Å². The SMILES string of the molecule is Cn1c(O)c(I)c(=O)n(C)c1=O. The van der Waals surface area contributed by atoms with E-state index in [4.69, 9.17) is 0 Å². The first-order valence-corrected chi connectivity index (χ1v) is 4.19. The first kappa shape index (κ1) is 9.30. The van der Waals surface area contributed by atoms with Crippen molar-refractivity contribution in [2.24, 2.45) is 14.1 Å². The Kier molecular flexibility index (Phi) is 2.27. The lowest BCUT2D eigenvalue weighted by atomic mass is 10.6. The molecule has 0 atom stereocenters. The van der Waals surface area contributed by atoms with Gasteiger partial charge in [0.05, 0.1) is 0 Å². The minimum Gasteiger partial charge on any atom is -0.493 e. The number of halogens is 1. The van der Waals surface area contributed by atoms with Crippen LogP contribution in [0.3, 0.4) is 0 Å². The van der Waals surface area contributed by atoms with Gasteiger partial charge in [0.15, 0.2) is 0 Å². The van der Waals surface area contributed by atoms with E-state index in [-0.39, 0.29) is 9.45 Å². The van der Waals surface area contributed by atoms with Gasteiger partial charge in [-0.1, -0.05) is 0 Å². The summed E-state index contributed by atoms with van der Waals surface area (Å²) in [5, 5.41) is 9.23. The molecule has 1 aromatic rings. The first-order chi connectivity index (χ1) is 5.46. The monoisotopic (exact) mass is 282 g/mol. The molecule has 5 nitrogen and oxygen atoms in total. The van der Waals surface area contributed by atoms with Crippen molar-refractivity contribution in [3.05, 3.63) is 24.4 Å². The molecule has 0 bridgehead atoms. The Morgan fingerprint density at radius 2 is 1.75 bits per heavy atom. The zero-order valence-electron chi connectivity index (χ0n) is 6.54. The Morgan fingerprint density at radius 1 is 1.25 bits per heavy atom. The maximum absolute atomic E-state index is 11.1. The fourth-order valence-corrected chi connectivity index (χ4v) is 1.52. The quantitative estimate of drug-likeness (QED) is 0.646. The van der Waals surface area contributed by atoms with Gasteiger partial charge in [0.1, 0.15) is 3.57 Å². The summed E-state index contributed by atoms with van der Waals surface area (Å²) in [4.78, 5) is 22.3. The van der Waals surface area contributed by atoms with Gasteiger partial charge >= 0.3 is 5.69 Å². The maximum atomic E-state index is 11.1. The van der Waals surface area contributed by atoms with Gasteiger partial charge in [-0.15, -0.1) is 0 Å². The number of aromatic hydroxyl groups is 1. The molecule has 0 saturated carbocycles. The summed E-state index contributed by atoms with van der Waals surface area (Å²) >= 11 is 1.69. The summed E-state index contributed by atoms with van der Waals surface area (Å²) in [6.07, 6.45) is 0. The molecule has 1 aromatic heterocycles. The fraction of sp³-hybridized carbons (Fsp3) is 0.333. The van der Waals surface area contributed by atoms with E-state index < -0.39 is 11.2 Å². The average Bonchev–Trinajstić information content (AvgIpc) is 2.08. The number of hydrogen-bond acceptors (Lipinski definition) is 3. The third-order valence-corrected chi connectivity index (χ3v) is 2.52. The second-order valence-corrected chi connectivity index (χ2v) is 3.42. The lowest BCUT2D eigenvalue weighted by Crippen LogP contribution is -2.38. The number of hydrogen-bond donors (Lipinski definition) is 1. The van der Waals surface area contributed by atoms with Gasteiger partial charge in [0.2, 0.25) is 5.88 Å². The molecule has 1 rings (SSSR count). The molecule has 1 N–H and O–H groups in total. The second kappa shape index (κ2) is 2.92. The molecule has 0 saturated heterocycles. The molecule has 0 aliphatic carbocycles. The van der Waals surface area contributed by atoms with E-state index in [1.54, 1.807) is 22.6 Å². The van der Waals surface area contributed by atoms with Crippen LogP contribution in [0.1, 0.15) is 0 Å². The second-order valence-electron chi connectivity index (χ2n) is 2.34. The van der Waals surface area contributed by atoms with Crippen LogP contribution < -0.4 is 11.2 Å². The van der Waals surface area contributed by atoms with Crippen LogP contribution in [0, 0.1) is 3.57 Å². The minimum atomic E-state index is -0.530. The molecule has 0 aliphatic heterocycles. The van der Waals surface area contributed by atoms with Crippen LogP contribution in [-0.2, 0) is 14.1 Å². The van der Waals surface area contributed by atoms with Gasteiger partial charge in [-0.25, -0.2) is 4.79 Å². The predicted molar refractivity (Wildman–Crippen MR) is 51.3 cm³/mol. The van der Waals surface area contributed by atoms with Crippen LogP contribution in [0.5, 0.6) is 5.88 Å². The molecule has 0 fully saturated rings.